The van der Waals surface area contributed by atoms with Crippen LogP contribution in [0.15, 0.2) is 57.5 Å². The number of carbonyl (C=O) groups is 2. The van der Waals surface area contributed by atoms with Gasteiger partial charge in [-0.3, -0.25) is 20.4 Å². The summed E-state index contributed by atoms with van der Waals surface area (Å²) in [4.78, 5) is 23.3. The quantitative estimate of drug-likeness (QED) is 0.517. The van der Waals surface area contributed by atoms with Crippen LogP contribution in [0.25, 0.3) is 6.08 Å². The second kappa shape index (κ2) is 9.33. The molecule has 0 heterocycles. The van der Waals surface area contributed by atoms with Crippen LogP contribution in [0.2, 0.25) is 0 Å². The van der Waals surface area contributed by atoms with Crippen LogP contribution in [0.5, 0.6) is 5.75 Å². The molecule has 8 heteroatoms. The summed E-state index contributed by atoms with van der Waals surface area (Å²) in [6.45, 7) is -0.262. The van der Waals surface area contributed by atoms with Gasteiger partial charge in [0.1, 0.15) is 11.6 Å². The summed E-state index contributed by atoms with van der Waals surface area (Å²) in [5, 5.41) is 0. The summed E-state index contributed by atoms with van der Waals surface area (Å²) in [6, 6.07) is 10.9. The van der Waals surface area contributed by atoms with Crippen molar-refractivity contribution in [1.29, 1.82) is 0 Å². The SMILES string of the molecule is O=C(C=Cc1ccc(F)cc1)NNC(=O)COc1ccc(Br)cc1Br. The number of hydrogen-bond donors (Lipinski definition) is 2. The van der Waals surface area contributed by atoms with Crippen LogP contribution in [0.1, 0.15) is 5.56 Å². The van der Waals surface area contributed by atoms with Gasteiger partial charge < -0.3 is 4.74 Å². The van der Waals surface area contributed by atoms with Gasteiger partial charge >= 0.3 is 0 Å². The molecule has 5 nitrogen and oxygen atoms in total. The van der Waals surface area contributed by atoms with Crippen molar-refractivity contribution in [2.24, 2.45) is 0 Å². The number of hydrazine groups is 1. The maximum absolute atomic E-state index is 12.8. The van der Waals surface area contributed by atoms with Gasteiger partial charge in [-0.05, 0) is 57.9 Å². The molecule has 0 spiro atoms. The first-order valence-electron chi connectivity index (χ1n) is 7.04. The summed E-state index contributed by atoms with van der Waals surface area (Å²) in [6.07, 6.45) is 2.72. The van der Waals surface area contributed by atoms with Gasteiger partial charge in [0, 0.05) is 10.5 Å². The molecule has 0 unspecified atom stereocenters. The van der Waals surface area contributed by atoms with E-state index in [0.29, 0.717) is 15.8 Å². The molecule has 2 amide bonds. The van der Waals surface area contributed by atoms with E-state index in [0.717, 1.165) is 4.47 Å². The van der Waals surface area contributed by atoms with E-state index in [2.05, 4.69) is 42.7 Å². The molecular formula is C17H13Br2FN2O3. The minimum atomic E-state index is -0.525. The van der Waals surface area contributed by atoms with Crippen LogP contribution in [0.3, 0.4) is 0 Å². The van der Waals surface area contributed by atoms with Crippen molar-refractivity contribution >= 4 is 49.8 Å². The van der Waals surface area contributed by atoms with Gasteiger partial charge in [-0.1, -0.05) is 28.1 Å². The Balaban J connectivity index is 1.75. The molecular weight excluding hydrogens is 459 g/mol. The highest BCUT2D eigenvalue weighted by atomic mass is 79.9. The van der Waals surface area contributed by atoms with Gasteiger partial charge in [-0.15, -0.1) is 0 Å². The molecule has 0 saturated carbocycles. The Hall–Kier alpha value is -2.19. The molecule has 0 bridgehead atoms. The predicted octanol–water partition coefficient (Wildman–Crippen LogP) is 3.59. The Morgan fingerprint density at radius 3 is 2.48 bits per heavy atom. The molecule has 2 aromatic rings. The maximum Gasteiger partial charge on any atom is 0.276 e. The summed E-state index contributed by atoms with van der Waals surface area (Å²) < 4.78 is 19.7. The first-order chi connectivity index (χ1) is 11.9. The Morgan fingerprint density at radius 2 is 1.80 bits per heavy atom. The van der Waals surface area contributed by atoms with E-state index in [1.54, 1.807) is 18.2 Å². The number of rotatable bonds is 5. The third-order valence-corrected chi connectivity index (χ3v) is 3.99. The van der Waals surface area contributed by atoms with Crippen molar-refractivity contribution in [3.8, 4) is 5.75 Å². The number of benzene rings is 2. The zero-order valence-corrected chi connectivity index (χ0v) is 15.9. The molecule has 0 aromatic heterocycles. The standard InChI is InChI=1S/C17H13Br2FN2O3/c18-12-4-7-15(14(19)9-12)25-10-17(24)22-21-16(23)8-3-11-1-5-13(20)6-2-11/h1-9H,10H2,(H,21,23)(H,22,24). The van der Waals surface area contributed by atoms with E-state index < -0.39 is 11.8 Å². The van der Waals surface area contributed by atoms with Crippen molar-refractivity contribution in [2.75, 3.05) is 6.61 Å². The van der Waals surface area contributed by atoms with Gasteiger partial charge in [0.2, 0.25) is 0 Å². The number of ether oxygens (including phenoxy) is 1. The molecule has 2 aromatic carbocycles. The first kappa shape index (κ1) is 19.1. The van der Waals surface area contributed by atoms with Gasteiger partial charge in [-0.25, -0.2) is 4.39 Å². The molecule has 0 aliphatic rings. The zero-order valence-electron chi connectivity index (χ0n) is 12.8. The average Bonchev–Trinajstić information content (AvgIpc) is 2.58. The van der Waals surface area contributed by atoms with E-state index in [1.807, 2.05) is 0 Å². The number of hydrogen-bond acceptors (Lipinski definition) is 3. The van der Waals surface area contributed by atoms with Crippen molar-refractivity contribution in [2.45, 2.75) is 0 Å². The minimum Gasteiger partial charge on any atom is -0.483 e. The maximum atomic E-state index is 12.8. The molecule has 2 N–H and O–H groups in total. The number of amides is 2. The average molecular weight is 472 g/mol. The number of nitrogens with one attached hydrogen (secondary N) is 2. The second-order valence-corrected chi connectivity index (χ2v) is 6.56. The second-order valence-electron chi connectivity index (χ2n) is 4.79. The molecule has 0 saturated heterocycles. The third kappa shape index (κ3) is 6.67. The van der Waals surface area contributed by atoms with Crippen LogP contribution in [0, 0.1) is 5.82 Å². The van der Waals surface area contributed by atoms with E-state index >= 15 is 0 Å². The van der Waals surface area contributed by atoms with Gasteiger partial charge in [0.15, 0.2) is 6.61 Å². The highest BCUT2D eigenvalue weighted by Gasteiger charge is 2.06. The van der Waals surface area contributed by atoms with E-state index in [4.69, 9.17) is 4.74 Å². The molecule has 25 heavy (non-hydrogen) atoms. The smallest absolute Gasteiger partial charge is 0.276 e. The van der Waals surface area contributed by atoms with Crippen LogP contribution < -0.4 is 15.6 Å². The lowest BCUT2D eigenvalue weighted by Gasteiger charge is -2.09. The van der Waals surface area contributed by atoms with Crippen LogP contribution in [-0.2, 0) is 9.59 Å². The van der Waals surface area contributed by atoms with Gasteiger partial charge in [0.05, 0.1) is 4.47 Å². The highest BCUT2D eigenvalue weighted by molar-refractivity contribution is 9.11. The topological polar surface area (TPSA) is 67.4 Å². The largest absolute Gasteiger partial charge is 0.483 e. The predicted molar refractivity (Wildman–Crippen MR) is 99.1 cm³/mol. The fraction of sp³-hybridized carbons (Fsp3) is 0.0588. The van der Waals surface area contributed by atoms with Crippen molar-refractivity contribution in [1.82, 2.24) is 10.9 Å². The monoisotopic (exact) mass is 470 g/mol. The number of halogens is 3. The number of carbonyl (C=O) groups excluding carboxylic acids is 2. The molecule has 0 radical (unpaired) electrons. The Bertz CT molecular complexity index is 795. The highest BCUT2D eigenvalue weighted by Crippen LogP contribution is 2.27. The molecule has 0 fully saturated rings. The van der Waals surface area contributed by atoms with Crippen molar-refractivity contribution in [3.05, 3.63) is 68.9 Å². The zero-order chi connectivity index (χ0) is 18.2. The van der Waals surface area contributed by atoms with Gasteiger partial charge in [0.25, 0.3) is 11.8 Å². The van der Waals surface area contributed by atoms with Crippen LogP contribution >= 0.6 is 31.9 Å². The Morgan fingerprint density at radius 1 is 1.08 bits per heavy atom. The summed E-state index contributed by atoms with van der Waals surface area (Å²) in [5.41, 5.74) is 5.11. The fourth-order valence-electron chi connectivity index (χ4n) is 1.69. The summed E-state index contributed by atoms with van der Waals surface area (Å²) in [7, 11) is 0. The van der Waals surface area contributed by atoms with E-state index in [1.165, 1.54) is 36.4 Å². The van der Waals surface area contributed by atoms with E-state index in [9.17, 15) is 14.0 Å². The van der Waals surface area contributed by atoms with Crippen LogP contribution in [0.4, 0.5) is 4.39 Å². The lowest BCUT2D eigenvalue weighted by atomic mass is 10.2. The summed E-state index contributed by atoms with van der Waals surface area (Å²) in [5.74, 6) is -0.895. The molecule has 0 aliphatic carbocycles. The molecule has 130 valence electrons. The first-order valence-corrected chi connectivity index (χ1v) is 8.63. The van der Waals surface area contributed by atoms with Crippen molar-refractivity contribution < 1.29 is 18.7 Å². The lowest BCUT2D eigenvalue weighted by Crippen LogP contribution is -2.43. The fourth-order valence-corrected chi connectivity index (χ4v) is 2.85. The Kier molecular flexibility index (Phi) is 7.15. The minimum absolute atomic E-state index is 0.262. The van der Waals surface area contributed by atoms with Crippen molar-refractivity contribution in [3.63, 3.8) is 0 Å². The lowest BCUT2D eigenvalue weighted by molar-refractivity contribution is -0.128. The molecule has 0 aliphatic heterocycles. The van der Waals surface area contributed by atoms with Gasteiger partial charge in [-0.2, -0.15) is 0 Å². The van der Waals surface area contributed by atoms with Crippen LogP contribution in [-0.4, -0.2) is 18.4 Å². The molecule has 2 rings (SSSR count). The summed E-state index contributed by atoms with van der Waals surface area (Å²) >= 11 is 6.63. The normalized spacial score (nSPS) is 10.5. The third-order valence-electron chi connectivity index (χ3n) is 2.87. The van der Waals surface area contributed by atoms with E-state index in [-0.39, 0.29) is 12.4 Å². The molecule has 0 atom stereocenters. The Labute approximate surface area is 160 Å².